The Morgan fingerprint density at radius 1 is 1.07 bits per heavy atom. The van der Waals surface area contributed by atoms with Gasteiger partial charge in [-0.05, 0) is 29.8 Å². The van der Waals surface area contributed by atoms with E-state index in [1.807, 2.05) is 52.1 Å². The average Bonchev–Trinajstić information content (AvgIpc) is 3.51. The summed E-state index contributed by atoms with van der Waals surface area (Å²) >= 11 is 0. The molecule has 30 heavy (non-hydrogen) atoms. The first kappa shape index (κ1) is 18.4. The molecule has 0 aliphatic carbocycles. The number of imidazole rings is 1. The average molecular weight is 398 g/mol. The second-order valence-electron chi connectivity index (χ2n) is 8.08. The van der Waals surface area contributed by atoms with Crippen molar-refractivity contribution in [1.29, 1.82) is 5.26 Å². The molecular weight excluding hydrogens is 376 g/mol. The van der Waals surface area contributed by atoms with Crippen LogP contribution in [0.25, 0.3) is 0 Å². The Bertz CT molecular complexity index is 1050. The van der Waals surface area contributed by atoms with Crippen molar-refractivity contribution in [3.8, 4) is 6.07 Å². The molecule has 7 heteroatoms. The highest BCUT2D eigenvalue weighted by Gasteiger charge is 2.42. The minimum absolute atomic E-state index is 0.113. The lowest BCUT2D eigenvalue weighted by atomic mass is 10.0. The summed E-state index contributed by atoms with van der Waals surface area (Å²) in [7, 11) is 0. The molecule has 0 N–H and O–H groups in total. The number of carbonyl (C=O) groups excluding carboxylic acids is 1. The van der Waals surface area contributed by atoms with Crippen LogP contribution in [0.3, 0.4) is 0 Å². The number of fused-ring (bicyclic) bond motifs is 1. The Hall–Kier alpha value is -3.66. The van der Waals surface area contributed by atoms with Gasteiger partial charge in [-0.25, -0.2) is 9.97 Å². The molecule has 4 heterocycles. The number of nitriles is 1. The normalized spacial score (nSPS) is 20.2. The first-order valence-corrected chi connectivity index (χ1v) is 10.1. The molecule has 0 bridgehead atoms. The van der Waals surface area contributed by atoms with Gasteiger partial charge < -0.3 is 14.4 Å². The number of amides is 1. The maximum absolute atomic E-state index is 13.0. The predicted octanol–water partition coefficient (Wildman–Crippen LogP) is 2.41. The van der Waals surface area contributed by atoms with Gasteiger partial charge in [-0.1, -0.05) is 12.1 Å². The van der Waals surface area contributed by atoms with Gasteiger partial charge in [-0.15, -0.1) is 0 Å². The van der Waals surface area contributed by atoms with Gasteiger partial charge >= 0.3 is 0 Å². The summed E-state index contributed by atoms with van der Waals surface area (Å²) in [4.78, 5) is 25.7. The summed E-state index contributed by atoms with van der Waals surface area (Å²) in [6.45, 7) is 4.12. The lowest BCUT2D eigenvalue weighted by molar-refractivity contribution is 0.0782. The van der Waals surface area contributed by atoms with E-state index in [4.69, 9.17) is 5.26 Å². The number of anilines is 1. The van der Waals surface area contributed by atoms with Gasteiger partial charge in [0.15, 0.2) is 0 Å². The Labute approximate surface area is 175 Å². The van der Waals surface area contributed by atoms with Gasteiger partial charge in [0.1, 0.15) is 11.9 Å². The fourth-order valence-corrected chi connectivity index (χ4v) is 4.51. The van der Waals surface area contributed by atoms with E-state index >= 15 is 0 Å². The Morgan fingerprint density at radius 2 is 1.83 bits per heavy atom. The van der Waals surface area contributed by atoms with E-state index in [0.717, 1.165) is 49.7 Å². The number of rotatable bonds is 4. The number of benzene rings is 1. The third kappa shape index (κ3) is 3.52. The fraction of sp³-hybridized carbons (Fsp3) is 0.304. The smallest absolute Gasteiger partial charge is 0.253 e. The largest absolute Gasteiger partial charge is 0.356 e. The molecule has 2 atom stereocenters. The SMILES string of the molecule is N#Cc1ccc(N2CC3CN(C(=O)c4ccc(Cn5ccnc5)cc4)CC3C2)nc1. The maximum atomic E-state index is 13.0. The molecule has 5 rings (SSSR count). The summed E-state index contributed by atoms with van der Waals surface area (Å²) in [6.07, 6.45) is 7.11. The molecule has 7 nitrogen and oxygen atoms in total. The topological polar surface area (TPSA) is 78.0 Å². The van der Waals surface area contributed by atoms with Crippen molar-refractivity contribution < 1.29 is 4.79 Å². The molecular formula is C23H22N6O. The number of hydrogen-bond acceptors (Lipinski definition) is 5. The molecule has 0 radical (unpaired) electrons. The van der Waals surface area contributed by atoms with E-state index in [9.17, 15) is 4.79 Å². The van der Waals surface area contributed by atoms with E-state index in [-0.39, 0.29) is 5.91 Å². The van der Waals surface area contributed by atoms with Crippen molar-refractivity contribution in [2.75, 3.05) is 31.1 Å². The monoisotopic (exact) mass is 398 g/mol. The molecule has 2 aliphatic rings. The van der Waals surface area contributed by atoms with Crippen LogP contribution in [0.5, 0.6) is 0 Å². The maximum Gasteiger partial charge on any atom is 0.253 e. The third-order valence-corrected chi connectivity index (χ3v) is 6.10. The molecule has 0 saturated carbocycles. The predicted molar refractivity (Wildman–Crippen MR) is 112 cm³/mol. The van der Waals surface area contributed by atoms with Crippen molar-refractivity contribution in [2.24, 2.45) is 11.8 Å². The zero-order chi connectivity index (χ0) is 20.5. The first-order valence-electron chi connectivity index (χ1n) is 10.1. The highest BCUT2D eigenvalue weighted by atomic mass is 16.2. The Morgan fingerprint density at radius 3 is 2.43 bits per heavy atom. The summed E-state index contributed by atoms with van der Waals surface area (Å²) in [6, 6.07) is 13.7. The summed E-state index contributed by atoms with van der Waals surface area (Å²) in [5, 5.41) is 8.93. The van der Waals surface area contributed by atoms with Crippen LogP contribution in [0.1, 0.15) is 21.5 Å². The lowest BCUT2D eigenvalue weighted by Gasteiger charge is -2.22. The molecule has 2 aromatic heterocycles. The summed E-state index contributed by atoms with van der Waals surface area (Å²) in [5.41, 5.74) is 2.47. The van der Waals surface area contributed by atoms with Gasteiger partial charge in [0.25, 0.3) is 5.91 Å². The van der Waals surface area contributed by atoms with Gasteiger partial charge in [0, 0.05) is 68.7 Å². The second-order valence-corrected chi connectivity index (χ2v) is 8.08. The molecule has 2 aliphatic heterocycles. The number of hydrogen-bond donors (Lipinski definition) is 0. The van der Waals surface area contributed by atoms with E-state index in [1.54, 1.807) is 18.7 Å². The number of carbonyl (C=O) groups is 1. The second kappa shape index (κ2) is 7.64. The van der Waals surface area contributed by atoms with Gasteiger partial charge in [0.2, 0.25) is 0 Å². The van der Waals surface area contributed by atoms with Crippen LogP contribution < -0.4 is 4.90 Å². The van der Waals surface area contributed by atoms with Crippen LogP contribution in [-0.4, -0.2) is 51.5 Å². The zero-order valence-corrected chi connectivity index (χ0v) is 16.6. The van der Waals surface area contributed by atoms with Crippen LogP contribution in [0.2, 0.25) is 0 Å². The summed E-state index contributed by atoms with van der Waals surface area (Å²) in [5.74, 6) is 1.95. The molecule has 150 valence electrons. The van der Waals surface area contributed by atoms with Crippen LogP contribution >= 0.6 is 0 Å². The first-order chi connectivity index (χ1) is 14.7. The molecule has 3 aromatic rings. The molecule has 2 saturated heterocycles. The fourth-order valence-electron chi connectivity index (χ4n) is 4.51. The Balaban J connectivity index is 1.19. The molecule has 1 aromatic carbocycles. The van der Waals surface area contributed by atoms with Gasteiger partial charge in [-0.2, -0.15) is 5.26 Å². The number of nitrogens with zero attached hydrogens (tertiary/aromatic N) is 6. The van der Waals surface area contributed by atoms with E-state index in [0.29, 0.717) is 17.4 Å². The van der Waals surface area contributed by atoms with Gasteiger partial charge in [0.05, 0.1) is 11.9 Å². The van der Waals surface area contributed by atoms with Gasteiger partial charge in [-0.3, -0.25) is 4.79 Å². The van der Waals surface area contributed by atoms with Crippen molar-refractivity contribution in [2.45, 2.75) is 6.54 Å². The molecule has 2 unspecified atom stereocenters. The number of aromatic nitrogens is 3. The minimum atomic E-state index is 0.113. The molecule has 0 spiro atoms. The summed E-state index contributed by atoms with van der Waals surface area (Å²) < 4.78 is 2.01. The number of pyridine rings is 1. The van der Waals surface area contributed by atoms with Crippen molar-refractivity contribution in [1.82, 2.24) is 19.4 Å². The Kier molecular flexibility index (Phi) is 4.68. The van der Waals surface area contributed by atoms with Crippen LogP contribution in [-0.2, 0) is 6.54 Å². The minimum Gasteiger partial charge on any atom is -0.356 e. The van der Waals surface area contributed by atoms with Crippen molar-refractivity contribution >= 4 is 11.7 Å². The quantitative estimate of drug-likeness (QED) is 0.674. The van der Waals surface area contributed by atoms with E-state index in [2.05, 4.69) is 20.9 Å². The highest BCUT2D eigenvalue weighted by molar-refractivity contribution is 5.94. The van der Waals surface area contributed by atoms with E-state index in [1.165, 1.54) is 0 Å². The van der Waals surface area contributed by atoms with Crippen LogP contribution in [0.15, 0.2) is 61.3 Å². The van der Waals surface area contributed by atoms with Crippen LogP contribution in [0, 0.1) is 23.2 Å². The third-order valence-electron chi connectivity index (χ3n) is 6.10. The molecule has 1 amide bonds. The van der Waals surface area contributed by atoms with Crippen molar-refractivity contribution in [3.63, 3.8) is 0 Å². The standard InChI is InChI=1S/C23H22N6O/c24-9-18-3-6-22(26-10-18)28-12-20-14-29(15-21(20)13-28)23(30)19-4-1-17(2-5-19)11-27-8-7-25-16-27/h1-8,10,16,20-21H,11-15H2. The van der Waals surface area contributed by atoms with E-state index < -0.39 is 0 Å². The molecule has 2 fully saturated rings. The van der Waals surface area contributed by atoms with Crippen molar-refractivity contribution in [3.05, 3.63) is 78.0 Å². The van der Waals surface area contributed by atoms with Crippen LogP contribution in [0.4, 0.5) is 5.82 Å². The zero-order valence-electron chi connectivity index (χ0n) is 16.6. The highest BCUT2D eigenvalue weighted by Crippen LogP contribution is 2.34. The lowest BCUT2D eigenvalue weighted by Crippen LogP contribution is -2.33. The number of likely N-dealkylation sites (tertiary alicyclic amines) is 1.